The van der Waals surface area contributed by atoms with Crippen LogP contribution in [0.15, 0.2) is 53.4 Å². The van der Waals surface area contributed by atoms with Crippen LogP contribution in [0.1, 0.15) is 11.4 Å². The van der Waals surface area contributed by atoms with Gasteiger partial charge < -0.3 is 0 Å². The number of hydrogen-bond donors (Lipinski definition) is 1. The van der Waals surface area contributed by atoms with E-state index in [1.54, 1.807) is 31.2 Å². The van der Waals surface area contributed by atoms with Gasteiger partial charge in [0, 0.05) is 5.56 Å². The first-order valence-electron chi connectivity index (χ1n) is 7.30. The molecule has 6 nitrogen and oxygen atoms in total. The van der Waals surface area contributed by atoms with Gasteiger partial charge in [-0.05, 0) is 37.3 Å². The van der Waals surface area contributed by atoms with Gasteiger partial charge in [0.25, 0.3) is 5.82 Å². The highest BCUT2D eigenvalue weighted by Gasteiger charge is 2.37. The van der Waals surface area contributed by atoms with E-state index in [2.05, 4.69) is 10.1 Å². The topological polar surface area (TPSA) is 90.9 Å². The summed E-state index contributed by atoms with van der Waals surface area (Å²) in [6.45, 7) is 1.80. The molecule has 2 N–H and O–H groups in total. The number of primary sulfonamides is 1. The fourth-order valence-electron chi connectivity index (χ4n) is 2.36. The molecule has 0 saturated carbocycles. The van der Waals surface area contributed by atoms with Crippen molar-refractivity contribution in [3.05, 3.63) is 59.9 Å². The van der Waals surface area contributed by atoms with Gasteiger partial charge in [0.1, 0.15) is 0 Å². The maximum Gasteiger partial charge on any atom is 0.453 e. The number of nitrogens with zero attached hydrogens (tertiary/aromatic N) is 3. The van der Waals surface area contributed by atoms with Crippen molar-refractivity contribution in [3.63, 3.8) is 0 Å². The fourth-order valence-corrected chi connectivity index (χ4v) is 2.88. The lowest BCUT2D eigenvalue weighted by Gasteiger charge is -2.07. The summed E-state index contributed by atoms with van der Waals surface area (Å²) in [5, 5.41) is 8.58. The van der Waals surface area contributed by atoms with E-state index in [9.17, 15) is 21.6 Å². The first-order chi connectivity index (χ1) is 12.1. The maximum atomic E-state index is 13.1. The highest BCUT2D eigenvalue weighted by molar-refractivity contribution is 7.89. The van der Waals surface area contributed by atoms with Crippen molar-refractivity contribution in [1.82, 2.24) is 14.8 Å². The van der Waals surface area contributed by atoms with Gasteiger partial charge in [-0.1, -0.05) is 23.8 Å². The monoisotopic (exact) mass is 382 g/mol. The van der Waals surface area contributed by atoms with Crippen molar-refractivity contribution in [2.45, 2.75) is 18.0 Å². The minimum absolute atomic E-state index is 0.00983. The number of aromatic nitrogens is 3. The van der Waals surface area contributed by atoms with Gasteiger partial charge in [0.2, 0.25) is 10.0 Å². The molecule has 0 amide bonds. The third-order valence-electron chi connectivity index (χ3n) is 3.55. The molecule has 2 aromatic carbocycles. The molecular weight excluding hydrogens is 369 g/mol. The average Bonchev–Trinajstić information content (AvgIpc) is 3.00. The maximum absolute atomic E-state index is 13.1. The van der Waals surface area contributed by atoms with E-state index in [4.69, 9.17) is 5.14 Å². The number of benzene rings is 2. The van der Waals surface area contributed by atoms with E-state index >= 15 is 0 Å². The van der Waals surface area contributed by atoms with E-state index in [1.165, 1.54) is 24.3 Å². The Balaban J connectivity index is 2.18. The SMILES string of the molecule is Cc1cccc(-c2nc(C(F)(F)F)nn2-c2ccc(S(N)(=O)=O)cc2)c1. The molecular formula is C16H13F3N4O2S. The predicted molar refractivity (Wildman–Crippen MR) is 87.9 cm³/mol. The number of sulfonamides is 1. The molecule has 0 bridgehead atoms. The van der Waals surface area contributed by atoms with E-state index in [0.717, 1.165) is 10.2 Å². The molecule has 0 fully saturated rings. The number of hydrogen-bond acceptors (Lipinski definition) is 4. The van der Waals surface area contributed by atoms with Crippen LogP contribution < -0.4 is 5.14 Å². The van der Waals surface area contributed by atoms with E-state index in [0.29, 0.717) is 5.56 Å². The van der Waals surface area contributed by atoms with Crippen LogP contribution in [-0.2, 0) is 16.2 Å². The Kier molecular flexibility index (Phi) is 4.32. The van der Waals surface area contributed by atoms with Gasteiger partial charge in [0.15, 0.2) is 5.82 Å². The molecule has 0 unspecified atom stereocenters. The smallest absolute Gasteiger partial charge is 0.225 e. The molecule has 10 heteroatoms. The zero-order valence-corrected chi connectivity index (χ0v) is 14.2. The summed E-state index contributed by atoms with van der Waals surface area (Å²) < 4.78 is 62.9. The first-order valence-corrected chi connectivity index (χ1v) is 8.85. The Bertz CT molecular complexity index is 1060. The van der Waals surface area contributed by atoms with Crippen LogP contribution in [0.2, 0.25) is 0 Å². The first kappa shape index (κ1) is 18.1. The standard InChI is InChI=1S/C16H13F3N4O2S/c1-10-3-2-4-11(9-10)14-21-15(16(17,18)19)22-23(14)12-5-7-13(8-6-12)26(20,24)25/h2-9H,1H3,(H2,20,24,25). The van der Waals surface area contributed by atoms with Gasteiger partial charge in [0.05, 0.1) is 10.6 Å². The summed E-state index contributed by atoms with van der Waals surface area (Å²) in [7, 11) is -3.91. The summed E-state index contributed by atoms with van der Waals surface area (Å²) in [6, 6.07) is 11.8. The van der Waals surface area contributed by atoms with Crippen molar-refractivity contribution in [1.29, 1.82) is 0 Å². The van der Waals surface area contributed by atoms with Gasteiger partial charge in [-0.2, -0.15) is 13.2 Å². The van der Waals surface area contributed by atoms with Crippen LogP contribution in [0.25, 0.3) is 17.1 Å². The minimum Gasteiger partial charge on any atom is -0.225 e. The largest absolute Gasteiger partial charge is 0.453 e. The van der Waals surface area contributed by atoms with E-state index < -0.39 is 22.0 Å². The molecule has 3 aromatic rings. The fraction of sp³-hybridized carbons (Fsp3) is 0.125. The van der Waals surface area contributed by atoms with Crippen molar-refractivity contribution >= 4 is 10.0 Å². The number of halogens is 3. The number of alkyl halides is 3. The Morgan fingerprint density at radius 2 is 1.73 bits per heavy atom. The molecule has 26 heavy (non-hydrogen) atoms. The van der Waals surface area contributed by atoms with Crippen LogP contribution in [-0.4, -0.2) is 23.2 Å². The average molecular weight is 382 g/mol. The summed E-state index contributed by atoms with van der Waals surface area (Å²) in [5.74, 6) is -1.30. The molecule has 0 saturated heterocycles. The summed E-state index contributed by atoms with van der Waals surface area (Å²) in [4.78, 5) is 3.47. The minimum atomic E-state index is -4.72. The molecule has 3 rings (SSSR count). The van der Waals surface area contributed by atoms with Crippen LogP contribution in [0.4, 0.5) is 13.2 Å². The second-order valence-corrected chi connectivity index (χ2v) is 7.14. The van der Waals surface area contributed by atoms with Crippen molar-refractivity contribution < 1.29 is 21.6 Å². The second-order valence-electron chi connectivity index (χ2n) is 5.58. The summed E-state index contributed by atoms with van der Waals surface area (Å²) >= 11 is 0. The Morgan fingerprint density at radius 3 is 2.27 bits per heavy atom. The molecule has 0 aliphatic heterocycles. The lowest BCUT2D eigenvalue weighted by atomic mass is 10.1. The number of rotatable bonds is 3. The molecule has 1 heterocycles. The lowest BCUT2D eigenvalue weighted by molar-refractivity contribution is -0.144. The summed E-state index contributed by atoms with van der Waals surface area (Å²) in [5.41, 5.74) is 1.51. The third kappa shape index (κ3) is 3.60. The zero-order chi connectivity index (χ0) is 19.1. The van der Waals surface area contributed by atoms with Crippen molar-refractivity contribution in [2.75, 3.05) is 0 Å². The quantitative estimate of drug-likeness (QED) is 0.754. The van der Waals surface area contributed by atoms with Crippen molar-refractivity contribution in [3.8, 4) is 17.1 Å². The second kappa shape index (κ2) is 6.22. The molecule has 0 atom stereocenters. The van der Waals surface area contributed by atoms with Crippen LogP contribution in [0.3, 0.4) is 0 Å². The van der Waals surface area contributed by atoms with Gasteiger partial charge in [-0.15, -0.1) is 5.10 Å². The predicted octanol–water partition coefficient (Wildman–Crippen LogP) is 2.91. The highest BCUT2D eigenvalue weighted by atomic mass is 32.2. The molecule has 136 valence electrons. The Hall–Kier alpha value is -2.72. The Labute approximate surface area is 147 Å². The van der Waals surface area contributed by atoms with Crippen LogP contribution in [0, 0.1) is 6.92 Å². The van der Waals surface area contributed by atoms with Crippen LogP contribution >= 0.6 is 0 Å². The molecule has 1 aromatic heterocycles. The van der Waals surface area contributed by atoms with E-state index in [-0.39, 0.29) is 16.4 Å². The van der Waals surface area contributed by atoms with Gasteiger partial charge in [-0.25, -0.2) is 23.2 Å². The summed E-state index contributed by atoms with van der Waals surface area (Å²) in [6.07, 6.45) is -4.72. The van der Waals surface area contributed by atoms with E-state index in [1.807, 2.05) is 0 Å². The zero-order valence-electron chi connectivity index (χ0n) is 13.4. The van der Waals surface area contributed by atoms with Crippen molar-refractivity contribution in [2.24, 2.45) is 5.14 Å². The molecule has 0 aliphatic rings. The normalized spacial score (nSPS) is 12.3. The molecule has 0 aliphatic carbocycles. The lowest BCUT2D eigenvalue weighted by Crippen LogP contribution is -2.12. The van der Waals surface area contributed by atoms with Gasteiger partial charge in [-0.3, -0.25) is 0 Å². The number of aryl methyl sites for hydroxylation is 1. The third-order valence-corrected chi connectivity index (χ3v) is 4.48. The Morgan fingerprint density at radius 1 is 1.08 bits per heavy atom. The number of nitrogens with two attached hydrogens (primary N) is 1. The molecule has 0 radical (unpaired) electrons. The van der Waals surface area contributed by atoms with Crippen LogP contribution in [0.5, 0.6) is 0 Å². The highest BCUT2D eigenvalue weighted by Crippen LogP contribution is 2.30. The molecule has 0 spiro atoms. The van der Waals surface area contributed by atoms with Gasteiger partial charge >= 0.3 is 6.18 Å².